The zero-order valence-corrected chi connectivity index (χ0v) is 23.3. The highest BCUT2D eigenvalue weighted by Crippen LogP contribution is 2.33. The molecule has 0 saturated carbocycles. The van der Waals surface area contributed by atoms with E-state index >= 15 is 0 Å². The fourth-order valence-electron chi connectivity index (χ4n) is 3.65. The largest absolute Gasteiger partial charge is 0.355 e. The number of hydrogen-bond acceptors (Lipinski definition) is 4. The number of anilines is 1. The van der Waals surface area contributed by atoms with Crippen LogP contribution >= 0.6 is 34.8 Å². The second-order valence-corrected chi connectivity index (χ2v) is 11.3. The molecule has 0 heterocycles. The summed E-state index contributed by atoms with van der Waals surface area (Å²) < 4.78 is 28.4. The minimum atomic E-state index is -4.24. The first-order valence-corrected chi connectivity index (χ1v) is 14.0. The molecular weight excluding hydrogens is 557 g/mol. The summed E-state index contributed by atoms with van der Waals surface area (Å²) in [5.74, 6) is -0.995. The number of likely N-dealkylation sites (N-methyl/N-ethyl adjacent to an activating group) is 1. The highest BCUT2D eigenvalue weighted by Gasteiger charge is 2.33. The summed E-state index contributed by atoms with van der Waals surface area (Å²) >= 11 is 18.7. The van der Waals surface area contributed by atoms with Gasteiger partial charge in [-0.3, -0.25) is 13.9 Å². The van der Waals surface area contributed by atoms with Crippen molar-refractivity contribution in [2.75, 3.05) is 17.4 Å². The Bertz CT molecular complexity index is 1370. The lowest BCUT2D eigenvalue weighted by Gasteiger charge is -2.32. The molecule has 0 saturated heterocycles. The van der Waals surface area contributed by atoms with Gasteiger partial charge < -0.3 is 10.2 Å². The van der Waals surface area contributed by atoms with Crippen molar-refractivity contribution in [1.29, 1.82) is 0 Å². The molecule has 0 radical (unpaired) electrons. The van der Waals surface area contributed by atoms with Crippen LogP contribution in [-0.4, -0.2) is 44.3 Å². The molecular formula is C26H26Cl3N3O4S. The third kappa shape index (κ3) is 7.17. The second kappa shape index (κ2) is 12.6. The normalized spacial score (nSPS) is 12.0. The first-order valence-electron chi connectivity index (χ1n) is 11.4. The lowest BCUT2D eigenvalue weighted by Crippen LogP contribution is -2.51. The van der Waals surface area contributed by atoms with Crippen molar-refractivity contribution in [2.45, 2.75) is 31.3 Å². The van der Waals surface area contributed by atoms with Crippen LogP contribution in [0.1, 0.15) is 19.4 Å². The first-order chi connectivity index (χ1) is 17.5. The van der Waals surface area contributed by atoms with Gasteiger partial charge in [-0.2, -0.15) is 0 Å². The van der Waals surface area contributed by atoms with Crippen molar-refractivity contribution in [3.63, 3.8) is 0 Å². The van der Waals surface area contributed by atoms with E-state index in [1.54, 1.807) is 56.3 Å². The summed E-state index contributed by atoms with van der Waals surface area (Å²) in [6, 6.07) is 18.0. The van der Waals surface area contributed by atoms with Gasteiger partial charge in [0.1, 0.15) is 12.6 Å². The third-order valence-electron chi connectivity index (χ3n) is 5.55. The smallest absolute Gasteiger partial charge is 0.264 e. The lowest BCUT2D eigenvalue weighted by atomic mass is 10.1. The minimum absolute atomic E-state index is 0.0280. The van der Waals surface area contributed by atoms with Crippen LogP contribution < -0.4 is 9.62 Å². The number of nitrogens with one attached hydrogen (secondary N) is 1. The Balaban J connectivity index is 2.06. The van der Waals surface area contributed by atoms with Crippen LogP contribution in [0.5, 0.6) is 0 Å². The van der Waals surface area contributed by atoms with E-state index < -0.39 is 28.5 Å². The Morgan fingerprint density at radius 2 is 1.59 bits per heavy atom. The van der Waals surface area contributed by atoms with Gasteiger partial charge in [0, 0.05) is 23.1 Å². The minimum Gasteiger partial charge on any atom is -0.355 e. The van der Waals surface area contributed by atoms with Crippen LogP contribution in [0.3, 0.4) is 0 Å². The summed E-state index contributed by atoms with van der Waals surface area (Å²) in [6.45, 7) is 3.12. The van der Waals surface area contributed by atoms with Crippen molar-refractivity contribution in [3.8, 4) is 0 Å². The molecule has 196 valence electrons. The molecule has 0 aliphatic rings. The first kappa shape index (κ1) is 28.8. The average molecular weight is 583 g/mol. The maximum absolute atomic E-state index is 13.8. The van der Waals surface area contributed by atoms with E-state index in [2.05, 4.69) is 5.32 Å². The number of rotatable bonds is 10. The number of halogens is 3. The molecule has 1 N–H and O–H groups in total. The van der Waals surface area contributed by atoms with Crippen molar-refractivity contribution in [1.82, 2.24) is 10.2 Å². The zero-order chi connectivity index (χ0) is 27.2. The van der Waals surface area contributed by atoms with Crippen LogP contribution in [0.15, 0.2) is 77.7 Å². The highest BCUT2D eigenvalue weighted by molar-refractivity contribution is 7.92. The quantitative estimate of drug-likeness (QED) is 0.347. The highest BCUT2D eigenvalue weighted by atomic mass is 35.5. The summed E-state index contributed by atoms with van der Waals surface area (Å²) in [6.07, 6.45) is 0. The number of sulfonamides is 1. The van der Waals surface area contributed by atoms with E-state index in [4.69, 9.17) is 34.8 Å². The SMILES string of the molecule is CCNC(=O)[C@H](C)N(Cc1cccc(Cl)c1)C(=O)CN(c1cc(Cl)ccc1Cl)S(=O)(=O)c1ccccc1. The Kier molecular flexibility index (Phi) is 9.84. The van der Waals surface area contributed by atoms with Gasteiger partial charge in [-0.15, -0.1) is 0 Å². The van der Waals surface area contributed by atoms with Crippen LogP contribution in [0.4, 0.5) is 5.69 Å². The number of carbonyl (C=O) groups excluding carboxylic acids is 2. The average Bonchev–Trinajstić information content (AvgIpc) is 2.87. The molecule has 3 aromatic carbocycles. The molecule has 0 aliphatic heterocycles. The molecule has 0 aliphatic carbocycles. The summed E-state index contributed by atoms with van der Waals surface area (Å²) in [7, 11) is -4.24. The van der Waals surface area contributed by atoms with E-state index in [0.29, 0.717) is 17.1 Å². The second-order valence-electron chi connectivity index (χ2n) is 8.14. The van der Waals surface area contributed by atoms with Crippen LogP contribution in [0.25, 0.3) is 0 Å². The van der Waals surface area contributed by atoms with Crippen molar-refractivity contribution >= 4 is 62.3 Å². The number of amides is 2. The summed E-state index contributed by atoms with van der Waals surface area (Å²) in [5, 5.41) is 3.51. The molecule has 3 rings (SSSR count). The predicted molar refractivity (Wildman–Crippen MR) is 148 cm³/mol. The molecule has 0 fully saturated rings. The van der Waals surface area contributed by atoms with E-state index in [1.165, 1.54) is 35.2 Å². The van der Waals surface area contributed by atoms with Gasteiger partial charge in [-0.25, -0.2) is 8.42 Å². The van der Waals surface area contributed by atoms with Gasteiger partial charge in [-0.1, -0.05) is 65.1 Å². The van der Waals surface area contributed by atoms with Crippen molar-refractivity contribution in [3.05, 3.63) is 93.4 Å². The molecule has 0 spiro atoms. The Labute approximate surface area is 232 Å². The molecule has 37 heavy (non-hydrogen) atoms. The zero-order valence-electron chi connectivity index (χ0n) is 20.2. The van der Waals surface area contributed by atoms with Gasteiger partial charge in [0.15, 0.2) is 0 Å². The van der Waals surface area contributed by atoms with Gasteiger partial charge in [0.2, 0.25) is 11.8 Å². The molecule has 11 heteroatoms. The maximum atomic E-state index is 13.8. The van der Waals surface area contributed by atoms with E-state index in [9.17, 15) is 18.0 Å². The molecule has 2 amide bonds. The van der Waals surface area contributed by atoms with Gasteiger partial charge in [0.25, 0.3) is 10.0 Å². The van der Waals surface area contributed by atoms with Gasteiger partial charge in [0.05, 0.1) is 15.6 Å². The molecule has 0 unspecified atom stereocenters. The molecule has 0 aromatic heterocycles. The van der Waals surface area contributed by atoms with E-state index in [1.807, 2.05) is 0 Å². The van der Waals surface area contributed by atoms with Crippen LogP contribution in [0.2, 0.25) is 15.1 Å². The van der Waals surface area contributed by atoms with Gasteiger partial charge in [-0.05, 0) is 61.9 Å². The Morgan fingerprint density at radius 1 is 0.919 bits per heavy atom. The topological polar surface area (TPSA) is 86.8 Å². The fraction of sp³-hybridized carbons (Fsp3) is 0.231. The number of benzene rings is 3. The monoisotopic (exact) mass is 581 g/mol. The molecule has 1 atom stereocenters. The summed E-state index contributed by atoms with van der Waals surface area (Å²) in [4.78, 5) is 27.8. The predicted octanol–water partition coefficient (Wildman–Crippen LogP) is 5.40. The molecule has 0 bridgehead atoms. The third-order valence-corrected chi connectivity index (χ3v) is 8.11. The summed E-state index contributed by atoms with van der Waals surface area (Å²) in [5.41, 5.74) is 0.718. The number of nitrogens with zero attached hydrogens (tertiary/aromatic N) is 2. The standard InChI is InChI=1S/C26H26Cl3N3O4S/c1-3-30-26(34)18(2)31(16-19-8-7-9-20(27)14-19)25(33)17-32(24-15-21(28)12-13-23(24)29)37(35,36)22-10-5-4-6-11-22/h4-15,18H,3,16-17H2,1-2H3,(H,30,34)/t18-/m0/s1. The molecule has 3 aromatic rings. The van der Waals surface area contributed by atoms with E-state index in [-0.39, 0.29) is 33.1 Å². The Hall–Kier alpha value is -2.78. The van der Waals surface area contributed by atoms with Gasteiger partial charge >= 0.3 is 0 Å². The molecule has 7 nitrogen and oxygen atoms in total. The van der Waals surface area contributed by atoms with Crippen molar-refractivity contribution in [2.24, 2.45) is 0 Å². The van der Waals surface area contributed by atoms with E-state index in [0.717, 1.165) is 4.31 Å². The number of hydrogen-bond donors (Lipinski definition) is 1. The fourth-order valence-corrected chi connectivity index (χ4v) is 5.74. The van der Waals surface area contributed by atoms with Crippen molar-refractivity contribution < 1.29 is 18.0 Å². The lowest BCUT2D eigenvalue weighted by molar-refractivity contribution is -0.139. The number of carbonyl (C=O) groups is 2. The maximum Gasteiger partial charge on any atom is 0.264 e. The Morgan fingerprint density at radius 3 is 2.24 bits per heavy atom. The van der Waals surface area contributed by atoms with Crippen LogP contribution in [-0.2, 0) is 26.2 Å². The van der Waals surface area contributed by atoms with Crippen LogP contribution in [0, 0.1) is 0 Å².